The minimum atomic E-state index is -3.77. The average Bonchev–Trinajstić information content (AvgIpc) is 3.30. The lowest BCUT2D eigenvalue weighted by Crippen LogP contribution is -2.32. The first kappa shape index (κ1) is 20.0. The predicted molar refractivity (Wildman–Crippen MR) is 117 cm³/mol. The van der Waals surface area contributed by atoms with Gasteiger partial charge in [-0.2, -0.15) is 0 Å². The first-order valence-corrected chi connectivity index (χ1v) is 12.0. The molecule has 8 heteroatoms. The summed E-state index contributed by atoms with van der Waals surface area (Å²) >= 11 is 1.44. The summed E-state index contributed by atoms with van der Waals surface area (Å²) in [4.78, 5) is 4.22. The number of rotatable bonds is 5. The molecule has 29 heavy (non-hydrogen) atoms. The smallest absolute Gasteiger partial charge is 0.263 e. The highest BCUT2D eigenvalue weighted by molar-refractivity contribution is 7.93. The van der Waals surface area contributed by atoms with Crippen molar-refractivity contribution >= 4 is 32.7 Å². The molecule has 6 nitrogen and oxygen atoms in total. The maximum absolute atomic E-state index is 13.2. The van der Waals surface area contributed by atoms with Crippen LogP contribution in [0.25, 0.3) is 11.3 Å². The molecule has 0 radical (unpaired) electrons. The molecule has 1 fully saturated rings. The maximum atomic E-state index is 13.2. The highest BCUT2D eigenvalue weighted by Gasteiger charge is 2.28. The van der Waals surface area contributed by atoms with E-state index in [9.17, 15) is 8.42 Å². The van der Waals surface area contributed by atoms with Crippen LogP contribution in [0.4, 0.5) is 11.4 Å². The van der Waals surface area contributed by atoms with Crippen molar-refractivity contribution in [3.8, 4) is 11.3 Å². The summed E-state index contributed by atoms with van der Waals surface area (Å²) < 4.78 is 34.4. The lowest BCUT2D eigenvalue weighted by atomic mass is 9.99. The molecular weight excluding hydrogens is 406 g/mol. The second kappa shape index (κ2) is 7.84. The van der Waals surface area contributed by atoms with Crippen molar-refractivity contribution in [2.24, 2.45) is 5.92 Å². The fourth-order valence-corrected chi connectivity index (χ4v) is 6.76. The first-order chi connectivity index (χ1) is 13.8. The number of aryl methyl sites for hydroxylation is 2. The van der Waals surface area contributed by atoms with Crippen LogP contribution in [0, 0.1) is 19.8 Å². The number of piperidine rings is 1. The molecule has 154 valence electrons. The Morgan fingerprint density at radius 3 is 2.41 bits per heavy atom. The minimum Gasteiger partial charge on any atom is -0.372 e. The molecule has 0 saturated carbocycles. The molecule has 1 aliphatic heterocycles. The van der Waals surface area contributed by atoms with Crippen molar-refractivity contribution in [2.75, 3.05) is 22.7 Å². The lowest BCUT2D eigenvalue weighted by molar-refractivity contribution is 0.431. The van der Waals surface area contributed by atoms with E-state index in [1.54, 1.807) is 6.07 Å². The van der Waals surface area contributed by atoms with Gasteiger partial charge in [-0.1, -0.05) is 12.1 Å². The standard InChI is InChI=1S/C21H25N3O3S2/c1-14-9-12-24(13-10-14)18-6-4-17(5-7-18)23-29(25,26)21-16(3)28-15(2)20(21)19-8-11-22-27-19/h4-8,11,14,23H,9-10,12-13H2,1-3H3. The average molecular weight is 432 g/mol. The van der Waals surface area contributed by atoms with Gasteiger partial charge in [0.1, 0.15) is 4.90 Å². The van der Waals surface area contributed by atoms with Crippen molar-refractivity contribution in [1.82, 2.24) is 5.16 Å². The van der Waals surface area contributed by atoms with Crippen LogP contribution in [0.15, 0.2) is 45.9 Å². The lowest BCUT2D eigenvalue weighted by Gasteiger charge is -2.32. The largest absolute Gasteiger partial charge is 0.372 e. The van der Waals surface area contributed by atoms with Gasteiger partial charge in [-0.05, 0) is 56.9 Å². The molecule has 4 rings (SSSR count). The predicted octanol–water partition coefficient (Wildman–Crippen LogP) is 5.06. The second-order valence-corrected chi connectivity index (χ2v) is 10.7. The van der Waals surface area contributed by atoms with Gasteiger partial charge in [-0.25, -0.2) is 8.42 Å². The van der Waals surface area contributed by atoms with E-state index in [0.717, 1.165) is 34.4 Å². The summed E-state index contributed by atoms with van der Waals surface area (Å²) in [7, 11) is -3.77. The molecule has 1 aromatic carbocycles. The van der Waals surface area contributed by atoms with E-state index < -0.39 is 10.0 Å². The van der Waals surface area contributed by atoms with Gasteiger partial charge in [0.15, 0.2) is 5.76 Å². The normalized spacial score (nSPS) is 15.6. The van der Waals surface area contributed by atoms with E-state index >= 15 is 0 Å². The van der Waals surface area contributed by atoms with Gasteiger partial charge in [0.25, 0.3) is 10.0 Å². The molecule has 0 bridgehead atoms. The van der Waals surface area contributed by atoms with Crippen LogP contribution in [-0.4, -0.2) is 26.7 Å². The van der Waals surface area contributed by atoms with Crippen LogP contribution in [0.3, 0.4) is 0 Å². The zero-order valence-electron chi connectivity index (χ0n) is 16.8. The molecule has 0 spiro atoms. The highest BCUT2D eigenvalue weighted by Crippen LogP contribution is 2.39. The van der Waals surface area contributed by atoms with Crippen LogP contribution < -0.4 is 9.62 Å². The molecule has 2 aromatic heterocycles. The monoisotopic (exact) mass is 431 g/mol. The Kier molecular flexibility index (Phi) is 5.40. The van der Waals surface area contributed by atoms with Crippen molar-refractivity contribution in [3.05, 3.63) is 46.3 Å². The van der Waals surface area contributed by atoms with Gasteiger partial charge >= 0.3 is 0 Å². The van der Waals surface area contributed by atoms with E-state index in [-0.39, 0.29) is 4.90 Å². The Morgan fingerprint density at radius 1 is 1.10 bits per heavy atom. The van der Waals surface area contributed by atoms with Gasteiger partial charge in [-0.3, -0.25) is 4.72 Å². The summed E-state index contributed by atoms with van der Waals surface area (Å²) in [5.74, 6) is 1.23. The van der Waals surface area contributed by atoms with Crippen molar-refractivity contribution in [1.29, 1.82) is 0 Å². The summed E-state index contributed by atoms with van der Waals surface area (Å²) in [6, 6.07) is 9.30. The molecule has 3 aromatic rings. The molecule has 1 aliphatic rings. The number of nitrogens with zero attached hydrogens (tertiary/aromatic N) is 2. The number of aromatic nitrogens is 1. The summed E-state index contributed by atoms with van der Waals surface area (Å²) in [5.41, 5.74) is 2.26. The van der Waals surface area contributed by atoms with E-state index in [2.05, 4.69) is 21.7 Å². The number of hydrogen-bond donors (Lipinski definition) is 1. The van der Waals surface area contributed by atoms with E-state index in [4.69, 9.17) is 4.52 Å². The molecule has 0 amide bonds. The third kappa shape index (κ3) is 4.04. The fraction of sp³-hybridized carbons (Fsp3) is 0.381. The van der Waals surface area contributed by atoms with Crippen LogP contribution >= 0.6 is 11.3 Å². The number of nitrogens with one attached hydrogen (secondary N) is 1. The van der Waals surface area contributed by atoms with E-state index in [0.29, 0.717) is 17.0 Å². The van der Waals surface area contributed by atoms with Crippen LogP contribution in [-0.2, 0) is 10.0 Å². The molecule has 0 aliphatic carbocycles. The molecule has 1 saturated heterocycles. The SMILES string of the molecule is Cc1sc(C)c(S(=O)(=O)Nc2ccc(N3CCC(C)CC3)cc2)c1-c1ccno1. The number of thiophene rings is 1. The fourth-order valence-electron chi connectivity index (χ4n) is 3.83. The Morgan fingerprint density at radius 2 is 1.79 bits per heavy atom. The summed E-state index contributed by atoms with van der Waals surface area (Å²) in [6.45, 7) is 8.08. The number of hydrogen-bond acceptors (Lipinski definition) is 6. The zero-order valence-corrected chi connectivity index (χ0v) is 18.4. The Bertz CT molecular complexity index is 1080. The molecule has 1 N–H and O–H groups in total. The molecule has 0 atom stereocenters. The number of sulfonamides is 1. The highest BCUT2D eigenvalue weighted by atomic mass is 32.2. The van der Waals surface area contributed by atoms with Gasteiger partial charge in [0.05, 0.1) is 11.8 Å². The third-order valence-electron chi connectivity index (χ3n) is 5.43. The summed E-state index contributed by atoms with van der Waals surface area (Å²) in [5, 5.41) is 3.72. The van der Waals surface area contributed by atoms with Crippen molar-refractivity contribution < 1.29 is 12.9 Å². The quantitative estimate of drug-likeness (QED) is 0.611. The Hall–Kier alpha value is -2.32. The van der Waals surface area contributed by atoms with Gasteiger partial charge < -0.3 is 9.42 Å². The third-order valence-corrected chi connectivity index (χ3v) is 8.13. The van der Waals surface area contributed by atoms with Crippen molar-refractivity contribution in [3.63, 3.8) is 0 Å². The topological polar surface area (TPSA) is 75.4 Å². The first-order valence-electron chi connectivity index (χ1n) is 9.74. The van der Waals surface area contributed by atoms with Crippen LogP contribution in [0.2, 0.25) is 0 Å². The van der Waals surface area contributed by atoms with Gasteiger partial charge in [0.2, 0.25) is 0 Å². The Labute approximate surface area is 175 Å². The van der Waals surface area contributed by atoms with E-state index in [1.165, 1.54) is 30.4 Å². The zero-order chi connectivity index (χ0) is 20.6. The molecule has 0 unspecified atom stereocenters. The van der Waals surface area contributed by atoms with E-state index in [1.807, 2.05) is 38.1 Å². The maximum Gasteiger partial charge on any atom is 0.263 e. The second-order valence-electron chi connectivity index (χ2n) is 7.62. The molecular formula is C21H25N3O3S2. The summed E-state index contributed by atoms with van der Waals surface area (Å²) in [6.07, 6.45) is 3.90. The van der Waals surface area contributed by atoms with Crippen LogP contribution in [0.1, 0.15) is 29.5 Å². The number of anilines is 2. The van der Waals surface area contributed by atoms with Gasteiger partial charge in [-0.15, -0.1) is 11.3 Å². The Balaban J connectivity index is 1.59. The number of benzene rings is 1. The van der Waals surface area contributed by atoms with Crippen molar-refractivity contribution in [2.45, 2.75) is 38.5 Å². The van der Waals surface area contributed by atoms with Crippen LogP contribution in [0.5, 0.6) is 0 Å². The van der Waals surface area contributed by atoms with Gasteiger partial charge in [0, 0.05) is 40.3 Å². The molecule has 3 heterocycles. The minimum absolute atomic E-state index is 0.255.